The maximum atomic E-state index is 11.8. The fraction of sp³-hybridized carbons (Fsp3) is 0.429. The third kappa shape index (κ3) is 4.96. The van der Waals surface area contributed by atoms with Gasteiger partial charge in [-0.25, -0.2) is 4.79 Å². The zero-order chi connectivity index (χ0) is 15.8. The molecule has 0 aromatic heterocycles. The third-order valence-electron chi connectivity index (χ3n) is 2.70. The summed E-state index contributed by atoms with van der Waals surface area (Å²) < 4.78 is 15.3. The van der Waals surface area contributed by atoms with Crippen LogP contribution in [0.15, 0.2) is 18.2 Å². The number of methoxy groups -OCH3 is 2. The Labute approximate surface area is 122 Å². The van der Waals surface area contributed by atoms with Crippen molar-refractivity contribution in [1.82, 2.24) is 5.32 Å². The topological polar surface area (TPSA) is 94.1 Å². The van der Waals surface area contributed by atoms with Crippen molar-refractivity contribution in [2.24, 2.45) is 0 Å². The molecule has 116 valence electrons. The van der Waals surface area contributed by atoms with Gasteiger partial charge in [-0.05, 0) is 19.1 Å². The molecule has 0 aliphatic rings. The minimum Gasteiger partial charge on any atom is -0.497 e. The van der Waals surface area contributed by atoms with Gasteiger partial charge in [0.05, 0.1) is 13.7 Å². The molecule has 7 heteroatoms. The fourth-order valence-electron chi connectivity index (χ4n) is 1.57. The summed E-state index contributed by atoms with van der Waals surface area (Å²) >= 11 is 0. The lowest BCUT2D eigenvalue weighted by atomic mass is 10.2. The van der Waals surface area contributed by atoms with Crippen LogP contribution in [0, 0.1) is 0 Å². The predicted molar refractivity (Wildman–Crippen MR) is 74.9 cm³/mol. The molecule has 2 N–H and O–H groups in total. The zero-order valence-corrected chi connectivity index (χ0v) is 12.2. The Balaban J connectivity index is 2.80. The molecule has 7 nitrogen and oxygen atoms in total. The number of aromatic carboxylic acids is 1. The van der Waals surface area contributed by atoms with Crippen LogP contribution in [-0.4, -0.2) is 50.5 Å². The number of carboxylic acids is 1. The molecule has 1 amide bonds. The van der Waals surface area contributed by atoms with Crippen LogP contribution in [0.3, 0.4) is 0 Å². The SMILES string of the molecule is COCCNC(=O)[C@@H](C)Oc1cc(OC)ccc1C(=O)O. The summed E-state index contributed by atoms with van der Waals surface area (Å²) in [7, 11) is 2.99. The van der Waals surface area contributed by atoms with Gasteiger partial charge in [0.15, 0.2) is 6.10 Å². The van der Waals surface area contributed by atoms with Crippen LogP contribution in [0.2, 0.25) is 0 Å². The number of rotatable bonds is 8. The Kier molecular flexibility index (Phi) is 6.48. The van der Waals surface area contributed by atoms with Gasteiger partial charge in [-0.2, -0.15) is 0 Å². The molecule has 1 rings (SSSR count). The standard InChI is InChI=1S/C14H19NO6/c1-9(13(16)15-6-7-19-2)21-12-8-10(20-3)4-5-11(12)14(17)18/h4-5,8-9H,6-7H2,1-3H3,(H,15,16)(H,17,18)/t9-/m1/s1. The highest BCUT2D eigenvalue weighted by Gasteiger charge is 2.19. The maximum Gasteiger partial charge on any atom is 0.339 e. The van der Waals surface area contributed by atoms with E-state index in [1.54, 1.807) is 0 Å². The van der Waals surface area contributed by atoms with Gasteiger partial charge in [0.25, 0.3) is 5.91 Å². The van der Waals surface area contributed by atoms with Crippen molar-refractivity contribution in [2.75, 3.05) is 27.4 Å². The van der Waals surface area contributed by atoms with E-state index in [0.717, 1.165) is 0 Å². The van der Waals surface area contributed by atoms with E-state index in [-0.39, 0.29) is 17.2 Å². The number of hydrogen-bond donors (Lipinski definition) is 2. The molecule has 0 fully saturated rings. The highest BCUT2D eigenvalue weighted by Crippen LogP contribution is 2.25. The number of carbonyl (C=O) groups is 2. The van der Waals surface area contributed by atoms with Crippen molar-refractivity contribution in [2.45, 2.75) is 13.0 Å². The molecule has 0 spiro atoms. The molecular formula is C14H19NO6. The van der Waals surface area contributed by atoms with Crippen LogP contribution in [0.25, 0.3) is 0 Å². The van der Waals surface area contributed by atoms with Crippen molar-refractivity contribution in [3.8, 4) is 11.5 Å². The third-order valence-corrected chi connectivity index (χ3v) is 2.70. The lowest BCUT2D eigenvalue weighted by molar-refractivity contribution is -0.127. The van der Waals surface area contributed by atoms with Crippen molar-refractivity contribution in [1.29, 1.82) is 0 Å². The average Bonchev–Trinajstić information content (AvgIpc) is 2.46. The van der Waals surface area contributed by atoms with E-state index in [9.17, 15) is 9.59 Å². The fourth-order valence-corrected chi connectivity index (χ4v) is 1.57. The quantitative estimate of drug-likeness (QED) is 0.693. The van der Waals surface area contributed by atoms with Gasteiger partial charge in [-0.3, -0.25) is 4.79 Å². The molecule has 0 unspecified atom stereocenters. The van der Waals surface area contributed by atoms with E-state index in [0.29, 0.717) is 18.9 Å². The van der Waals surface area contributed by atoms with E-state index in [1.165, 1.54) is 39.3 Å². The Morgan fingerprint density at radius 1 is 1.33 bits per heavy atom. The summed E-state index contributed by atoms with van der Waals surface area (Å²) in [4.78, 5) is 22.9. The molecule has 0 saturated heterocycles. The lowest BCUT2D eigenvalue weighted by Crippen LogP contribution is -2.38. The molecule has 0 bridgehead atoms. The maximum absolute atomic E-state index is 11.8. The zero-order valence-electron chi connectivity index (χ0n) is 12.2. The number of carboxylic acid groups (broad SMARTS) is 1. The first kappa shape index (κ1) is 16.8. The summed E-state index contributed by atoms with van der Waals surface area (Å²) in [6.45, 7) is 2.28. The van der Waals surface area contributed by atoms with Crippen molar-refractivity contribution in [3.63, 3.8) is 0 Å². The Morgan fingerprint density at radius 2 is 2.05 bits per heavy atom. The Morgan fingerprint density at radius 3 is 2.62 bits per heavy atom. The van der Waals surface area contributed by atoms with Gasteiger partial charge in [0, 0.05) is 19.7 Å². The molecule has 0 aliphatic carbocycles. The second-order valence-electron chi connectivity index (χ2n) is 4.21. The monoisotopic (exact) mass is 297 g/mol. The van der Waals surface area contributed by atoms with Crippen LogP contribution < -0.4 is 14.8 Å². The predicted octanol–water partition coefficient (Wildman–Crippen LogP) is 0.923. The summed E-state index contributed by atoms with van der Waals surface area (Å²) in [5, 5.41) is 11.7. The second-order valence-corrected chi connectivity index (χ2v) is 4.21. The molecule has 0 heterocycles. The first-order valence-electron chi connectivity index (χ1n) is 6.34. The Hall–Kier alpha value is -2.28. The highest BCUT2D eigenvalue weighted by atomic mass is 16.5. The summed E-state index contributed by atoms with van der Waals surface area (Å²) in [5.74, 6) is -0.968. The van der Waals surface area contributed by atoms with Crippen LogP contribution in [0.5, 0.6) is 11.5 Å². The summed E-state index contributed by atoms with van der Waals surface area (Å²) in [6.07, 6.45) is -0.841. The van der Waals surface area contributed by atoms with Crippen molar-refractivity contribution in [3.05, 3.63) is 23.8 Å². The first-order chi connectivity index (χ1) is 9.99. The number of nitrogens with one attached hydrogen (secondary N) is 1. The molecule has 0 radical (unpaired) electrons. The number of carbonyl (C=O) groups excluding carboxylic acids is 1. The smallest absolute Gasteiger partial charge is 0.339 e. The molecular weight excluding hydrogens is 278 g/mol. The number of hydrogen-bond acceptors (Lipinski definition) is 5. The van der Waals surface area contributed by atoms with E-state index in [2.05, 4.69) is 5.32 Å². The number of amides is 1. The van der Waals surface area contributed by atoms with E-state index >= 15 is 0 Å². The van der Waals surface area contributed by atoms with Crippen LogP contribution in [-0.2, 0) is 9.53 Å². The minimum atomic E-state index is -1.14. The van der Waals surface area contributed by atoms with Gasteiger partial charge in [0.2, 0.25) is 0 Å². The molecule has 0 aliphatic heterocycles. The minimum absolute atomic E-state index is 0.0349. The number of ether oxygens (including phenoxy) is 3. The molecule has 1 aromatic rings. The van der Waals surface area contributed by atoms with Crippen LogP contribution >= 0.6 is 0 Å². The van der Waals surface area contributed by atoms with E-state index in [1.807, 2.05) is 0 Å². The van der Waals surface area contributed by atoms with Crippen LogP contribution in [0.4, 0.5) is 0 Å². The molecule has 21 heavy (non-hydrogen) atoms. The van der Waals surface area contributed by atoms with Crippen molar-refractivity contribution < 1.29 is 28.9 Å². The second kappa shape index (κ2) is 8.11. The van der Waals surface area contributed by atoms with E-state index < -0.39 is 12.1 Å². The molecule has 1 aromatic carbocycles. The lowest BCUT2D eigenvalue weighted by Gasteiger charge is -2.16. The Bertz CT molecular complexity index is 502. The van der Waals surface area contributed by atoms with Gasteiger partial charge in [-0.1, -0.05) is 0 Å². The van der Waals surface area contributed by atoms with Gasteiger partial charge >= 0.3 is 5.97 Å². The molecule has 0 saturated carbocycles. The van der Waals surface area contributed by atoms with E-state index in [4.69, 9.17) is 19.3 Å². The van der Waals surface area contributed by atoms with Gasteiger partial charge in [-0.15, -0.1) is 0 Å². The van der Waals surface area contributed by atoms with Gasteiger partial charge < -0.3 is 24.6 Å². The number of benzene rings is 1. The highest BCUT2D eigenvalue weighted by molar-refractivity contribution is 5.91. The first-order valence-corrected chi connectivity index (χ1v) is 6.34. The molecule has 1 atom stereocenters. The summed E-state index contributed by atoms with van der Waals surface area (Å²) in [5.41, 5.74) is -0.0349. The normalized spacial score (nSPS) is 11.6. The largest absolute Gasteiger partial charge is 0.497 e. The average molecular weight is 297 g/mol. The van der Waals surface area contributed by atoms with Crippen LogP contribution in [0.1, 0.15) is 17.3 Å². The van der Waals surface area contributed by atoms with Crippen molar-refractivity contribution >= 4 is 11.9 Å². The van der Waals surface area contributed by atoms with Gasteiger partial charge in [0.1, 0.15) is 17.1 Å². The summed E-state index contributed by atoms with van der Waals surface area (Å²) in [6, 6.07) is 4.31.